The zero-order valence-electron chi connectivity index (χ0n) is 21.3. The van der Waals surface area contributed by atoms with Crippen LogP contribution in [0.2, 0.25) is 0 Å². The number of benzene rings is 3. The molecule has 1 heterocycles. The number of hydrogen-bond donors (Lipinski definition) is 0. The molecule has 0 radical (unpaired) electrons. The quantitative estimate of drug-likeness (QED) is 0.187. The molecular weight excluding hydrogens is 486 g/mol. The SMILES string of the molecule is Cc1ccc(C(=O)Oc2ccccc2/C=C2\SC(=O)N(CCOc3cc(C)ccc3C(C)C)C2=O)cc1. The van der Waals surface area contributed by atoms with E-state index in [0.717, 1.165) is 34.2 Å². The van der Waals surface area contributed by atoms with Gasteiger partial charge in [0.1, 0.15) is 18.1 Å². The second kappa shape index (κ2) is 11.5. The van der Waals surface area contributed by atoms with Gasteiger partial charge in [0.2, 0.25) is 0 Å². The summed E-state index contributed by atoms with van der Waals surface area (Å²) in [5.41, 5.74) is 4.16. The Morgan fingerprint density at radius 1 is 0.946 bits per heavy atom. The smallest absolute Gasteiger partial charge is 0.343 e. The van der Waals surface area contributed by atoms with Gasteiger partial charge in [-0.3, -0.25) is 14.5 Å². The summed E-state index contributed by atoms with van der Waals surface area (Å²) in [5, 5.41) is -0.359. The van der Waals surface area contributed by atoms with Crippen molar-refractivity contribution < 1.29 is 23.9 Å². The molecule has 0 unspecified atom stereocenters. The second-order valence-corrected chi connectivity index (χ2v) is 10.2. The number of aryl methyl sites for hydroxylation is 2. The molecular formula is C30H29NO5S. The number of amides is 2. The van der Waals surface area contributed by atoms with Crippen LogP contribution in [0.15, 0.2) is 71.6 Å². The number of nitrogens with zero attached hydrogens (tertiary/aromatic N) is 1. The monoisotopic (exact) mass is 515 g/mol. The van der Waals surface area contributed by atoms with Gasteiger partial charge in [-0.25, -0.2) is 4.79 Å². The van der Waals surface area contributed by atoms with Crippen molar-refractivity contribution in [1.82, 2.24) is 4.90 Å². The number of hydrogen-bond acceptors (Lipinski definition) is 6. The van der Waals surface area contributed by atoms with E-state index in [2.05, 4.69) is 13.8 Å². The van der Waals surface area contributed by atoms with E-state index in [0.29, 0.717) is 16.9 Å². The van der Waals surface area contributed by atoms with Crippen LogP contribution < -0.4 is 9.47 Å². The Labute approximate surface area is 221 Å². The fraction of sp³-hybridized carbons (Fsp3) is 0.233. The molecule has 0 saturated carbocycles. The first-order valence-corrected chi connectivity index (χ1v) is 12.9. The molecule has 3 aromatic rings. The lowest BCUT2D eigenvalue weighted by molar-refractivity contribution is -0.123. The third-order valence-corrected chi connectivity index (χ3v) is 6.84. The van der Waals surface area contributed by atoms with Gasteiger partial charge in [0.25, 0.3) is 11.1 Å². The van der Waals surface area contributed by atoms with Crippen molar-refractivity contribution in [2.24, 2.45) is 0 Å². The Balaban J connectivity index is 1.45. The lowest BCUT2D eigenvalue weighted by atomic mass is 10.0. The molecule has 0 bridgehead atoms. The summed E-state index contributed by atoms with van der Waals surface area (Å²) in [5.74, 6) is 0.469. The predicted octanol–water partition coefficient (Wildman–Crippen LogP) is 6.76. The van der Waals surface area contributed by atoms with Crippen molar-refractivity contribution in [2.45, 2.75) is 33.6 Å². The van der Waals surface area contributed by atoms with Gasteiger partial charge in [0.15, 0.2) is 0 Å². The molecule has 4 rings (SSSR count). The van der Waals surface area contributed by atoms with E-state index in [-0.39, 0.29) is 29.2 Å². The molecule has 0 N–H and O–H groups in total. The minimum atomic E-state index is -0.497. The Hall–Kier alpha value is -3.84. The Bertz CT molecular complexity index is 1360. The summed E-state index contributed by atoms with van der Waals surface area (Å²) in [6.45, 7) is 8.45. The van der Waals surface area contributed by atoms with Gasteiger partial charge in [-0.2, -0.15) is 0 Å². The highest BCUT2D eigenvalue weighted by atomic mass is 32.2. The Morgan fingerprint density at radius 2 is 1.65 bits per heavy atom. The van der Waals surface area contributed by atoms with Crippen molar-refractivity contribution in [3.63, 3.8) is 0 Å². The molecule has 1 fully saturated rings. The summed E-state index contributed by atoms with van der Waals surface area (Å²) >= 11 is 0.861. The van der Waals surface area contributed by atoms with Crippen LogP contribution in [0.5, 0.6) is 11.5 Å². The zero-order valence-corrected chi connectivity index (χ0v) is 22.1. The summed E-state index contributed by atoms with van der Waals surface area (Å²) in [6, 6.07) is 20.1. The highest BCUT2D eigenvalue weighted by molar-refractivity contribution is 8.18. The zero-order chi connectivity index (χ0) is 26.5. The fourth-order valence-corrected chi connectivity index (χ4v) is 4.72. The molecule has 1 saturated heterocycles. The number of imide groups is 1. The molecule has 37 heavy (non-hydrogen) atoms. The fourth-order valence-electron chi connectivity index (χ4n) is 3.87. The minimum absolute atomic E-state index is 0.136. The van der Waals surface area contributed by atoms with Crippen LogP contribution in [0.3, 0.4) is 0 Å². The van der Waals surface area contributed by atoms with Crippen molar-refractivity contribution in [2.75, 3.05) is 13.2 Å². The maximum absolute atomic E-state index is 13.0. The molecule has 0 spiro atoms. The van der Waals surface area contributed by atoms with E-state index < -0.39 is 11.9 Å². The number of esters is 1. The Morgan fingerprint density at radius 3 is 2.38 bits per heavy atom. The van der Waals surface area contributed by atoms with Gasteiger partial charge in [-0.1, -0.05) is 61.9 Å². The van der Waals surface area contributed by atoms with Gasteiger partial charge >= 0.3 is 5.97 Å². The standard InChI is InChI=1S/C30H29NO5S/c1-19(2)24-14-11-21(4)17-26(24)35-16-15-31-28(32)27(37-30(31)34)18-23-7-5-6-8-25(23)36-29(33)22-12-9-20(3)10-13-22/h5-14,17-19H,15-16H2,1-4H3/b27-18-. The second-order valence-electron chi connectivity index (χ2n) is 9.17. The van der Waals surface area contributed by atoms with Crippen LogP contribution in [-0.4, -0.2) is 35.2 Å². The number of thioether (sulfide) groups is 1. The van der Waals surface area contributed by atoms with Gasteiger partial charge in [0.05, 0.1) is 17.0 Å². The summed E-state index contributed by atoms with van der Waals surface area (Å²) < 4.78 is 11.6. The highest BCUT2D eigenvalue weighted by Gasteiger charge is 2.35. The Kier molecular flexibility index (Phi) is 8.14. The first kappa shape index (κ1) is 26.2. The number of ether oxygens (including phenoxy) is 2. The van der Waals surface area contributed by atoms with Gasteiger partial charge in [-0.15, -0.1) is 0 Å². The molecule has 0 aromatic heterocycles. The molecule has 1 aliphatic rings. The van der Waals surface area contributed by atoms with E-state index in [1.807, 2.05) is 44.2 Å². The summed E-state index contributed by atoms with van der Waals surface area (Å²) in [6.07, 6.45) is 1.58. The number of para-hydroxylation sites is 1. The molecule has 3 aromatic carbocycles. The first-order valence-electron chi connectivity index (χ1n) is 12.1. The lowest BCUT2D eigenvalue weighted by Gasteiger charge is -2.17. The van der Waals surface area contributed by atoms with Crippen molar-refractivity contribution >= 4 is 35.0 Å². The first-order chi connectivity index (χ1) is 17.7. The molecule has 7 heteroatoms. The topological polar surface area (TPSA) is 72.9 Å². The minimum Gasteiger partial charge on any atom is -0.491 e. The average Bonchev–Trinajstić information content (AvgIpc) is 3.12. The third kappa shape index (κ3) is 6.30. The number of rotatable bonds is 8. The van der Waals surface area contributed by atoms with Crippen molar-refractivity contribution in [3.05, 3.63) is 99.5 Å². The molecule has 190 valence electrons. The number of carbonyl (C=O) groups excluding carboxylic acids is 3. The maximum Gasteiger partial charge on any atom is 0.343 e. The van der Waals surface area contributed by atoms with Gasteiger partial charge < -0.3 is 9.47 Å². The molecule has 0 atom stereocenters. The highest BCUT2D eigenvalue weighted by Crippen LogP contribution is 2.34. The van der Waals surface area contributed by atoms with Gasteiger partial charge in [0, 0.05) is 5.56 Å². The lowest BCUT2D eigenvalue weighted by Crippen LogP contribution is -2.32. The van der Waals surface area contributed by atoms with Crippen LogP contribution >= 0.6 is 11.8 Å². The van der Waals surface area contributed by atoms with Crippen LogP contribution in [0.1, 0.15) is 52.4 Å². The van der Waals surface area contributed by atoms with E-state index in [1.165, 1.54) is 4.90 Å². The normalized spacial score (nSPS) is 14.5. The van der Waals surface area contributed by atoms with E-state index in [4.69, 9.17) is 9.47 Å². The van der Waals surface area contributed by atoms with Crippen LogP contribution in [0, 0.1) is 13.8 Å². The van der Waals surface area contributed by atoms with E-state index in [9.17, 15) is 14.4 Å². The maximum atomic E-state index is 13.0. The van der Waals surface area contributed by atoms with Gasteiger partial charge in [-0.05, 0) is 73.0 Å². The predicted molar refractivity (Wildman–Crippen MR) is 146 cm³/mol. The van der Waals surface area contributed by atoms with Crippen molar-refractivity contribution in [3.8, 4) is 11.5 Å². The molecule has 6 nitrogen and oxygen atoms in total. The average molecular weight is 516 g/mol. The van der Waals surface area contributed by atoms with Crippen LogP contribution in [-0.2, 0) is 4.79 Å². The van der Waals surface area contributed by atoms with E-state index in [1.54, 1.807) is 42.5 Å². The largest absolute Gasteiger partial charge is 0.491 e. The van der Waals surface area contributed by atoms with E-state index >= 15 is 0 Å². The third-order valence-electron chi connectivity index (χ3n) is 5.93. The molecule has 1 aliphatic heterocycles. The van der Waals surface area contributed by atoms with Crippen molar-refractivity contribution in [1.29, 1.82) is 0 Å². The van der Waals surface area contributed by atoms with Crippen LogP contribution in [0.25, 0.3) is 6.08 Å². The summed E-state index contributed by atoms with van der Waals surface area (Å²) in [4.78, 5) is 39.7. The molecule has 0 aliphatic carbocycles. The molecule has 2 amide bonds. The summed E-state index contributed by atoms with van der Waals surface area (Å²) in [7, 11) is 0. The number of carbonyl (C=O) groups is 3. The van der Waals surface area contributed by atoms with Crippen LogP contribution in [0.4, 0.5) is 4.79 Å².